The van der Waals surface area contributed by atoms with E-state index in [1.165, 1.54) is 23.1 Å². The van der Waals surface area contributed by atoms with E-state index < -0.39 is 37.2 Å². The second-order valence-corrected chi connectivity index (χ2v) is 23.1. The van der Waals surface area contributed by atoms with E-state index in [4.69, 9.17) is 18.6 Å². The Kier molecular flexibility index (Phi) is 16.5. The maximum Gasteiger partial charge on any atom is 0.514 e. The summed E-state index contributed by atoms with van der Waals surface area (Å²) in [5.74, 6) is 0.113. The van der Waals surface area contributed by atoms with Crippen LogP contribution in [0.1, 0.15) is 118 Å². The summed E-state index contributed by atoms with van der Waals surface area (Å²) in [5, 5.41) is 21.7. The summed E-state index contributed by atoms with van der Waals surface area (Å²) in [6, 6.07) is 13.1. The number of pyridine rings is 1. The number of hydrogen-bond donors (Lipinski definition) is 2. The molecular weight excluding hydrogens is 747 g/mol. The Bertz CT molecular complexity index is 1860. The van der Waals surface area contributed by atoms with E-state index in [0.717, 1.165) is 44.1 Å². The highest BCUT2D eigenvalue weighted by atomic mass is 28.4. The van der Waals surface area contributed by atoms with Crippen molar-refractivity contribution in [3.05, 3.63) is 80.1 Å². The summed E-state index contributed by atoms with van der Waals surface area (Å²) < 4.78 is 24.2. The van der Waals surface area contributed by atoms with E-state index in [9.17, 15) is 29.6 Å². The van der Waals surface area contributed by atoms with Crippen molar-refractivity contribution in [2.45, 2.75) is 143 Å². The van der Waals surface area contributed by atoms with Gasteiger partial charge in [-0.05, 0) is 99.7 Å². The van der Waals surface area contributed by atoms with Gasteiger partial charge in [0.2, 0.25) is 5.56 Å². The third-order valence-electron chi connectivity index (χ3n) is 10.4. The molecule has 13 nitrogen and oxygen atoms in total. The molecule has 0 spiro atoms. The van der Waals surface area contributed by atoms with Crippen molar-refractivity contribution in [1.82, 2.24) is 9.88 Å². The number of H-pyrrole nitrogens is 1. The Morgan fingerprint density at radius 1 is 0.895 bits per heavy atom. The van der Waals surface area contributed by atoms with E-state index in [1.54, 1.807) is 51.1 Å². The second kappa shape index (κ2) is 19.9. The van der Waals surface area contributed by atoms with Crippen LogP contribution < -0.4 is 10.3 Å². The summed E-state index contributed by atoms with van der Waals surface area (Å²) in [6.45, 7) is 23.3. The number of non-ortho nitro benzene ring substituents is 1. The monoisotopic (exact) mass is 811 g/mol. The molecule has 57 heavy (non-hydrogen) atoms. The molecule has 2 aromatic carbocycles. The van der Waals surface area contributed by atoms with E-state index in [1.807, 2.05) is 0 Å². The molecule has 0 radical (unpaired) electrons. The van der Waals surface area contributed by atoms with Crippen molar-refractivity contribution in [1.29, 1.82) is 0 Å². The SMILES string of the molecule is CC(C)(C)OC(=O)Oc1ccc(C(CN(CCCCC[C@@H](OCCCCc2ccc([N+](=O)[O-])cc2)C(C)(C)C)C(=O)O)O[Si](C)(C)C(C)(C)C)c2ccc(=O)[nH]c12. The number of amides is 1. The van der Waals surface area contributed by atoms with Gasteiger partial charge in [0.25, 0.3) is 5.69 Å². The van der Waals surface area contributed by atoms with Crippen LogP contribution in [-0.4, -0.2) is 71.9 Å². The largest absolute Gasteiger partial charge is 0.514 e. The number of hydrogen-bond acceptors (Lipinski definition) is 9. The van der Waals surface area contributed by atoms with Crippen LogP contribution in [0.5, 0.6) is 5.75 Å². The molecule has 0 aliphatic carbocycles. The van der Waals surface area contributed by atoms with Crippen molar-refractivity contribution in [3.63, 3.8) is 0 Å². The quantitative estimate of drug-likeness (QED) is 0.0296. The minimum absolute atomic E-state index is 0.0387. The fraction of sp³-hybridized carbons (Fsp3) is 0.605. The van der Waals surface area contributed by atoms with Crippen molar-refractivity contribution in [2.24, 2.45) is 5.41 Å². The van der Waals surface area contributed by atoms with Gasteiger partial charge >= 0.3 is 12.2 Å². The molecule has 0 bridgehead atoms. The molecule has 2 atom stereocenters. The van der Waals surface area contributed by atoms with Crippen LogP contribution in [0.3, 0.4) is 0 Å². The van der Waals surface area contributed by atoms with Gasteiger partial charge in [-0.25, -0.2) is 9.59 Å². The molecular formula is C43H65N3O10Si. The Balaban J connectivity index is 1.70. The van der Waals surface area contributed by atoms with Gasteiger partial charge in [0.1, 0.15) is 5.60 Å². The molecule has 0 fully saturated rings. The zero-order valence-electron chi connectivity index (χ0n) is 35.9. The lowest BCUT2D eigenvalue weighted by Gasteiger charge is -2.40. The number of ether oxygens (including phenoxy) is 3. The number of carbonyl (C=O) groups is 2. The molecule has 1 aromatic heterocycles. The highest BCUT2D eigenvalue weighted by molar-refractivity contribution is 6.74. The number of nitrogens with zero attached hydrogens (tertiary/aromatic N) is 2. The number of unbranched alkanes of at least 4 members (excludes halogenated alkanes) is 3. The fourth-order valence-electron chi connectivity index (χ4n) is 6.19. The van der Waals surface area contributed by atoms with Gasteiger partial charge in [-0.2, -0.15) is 0 Å². The molecule has 14 heteroatoms. The number of carbonyl (C=O) groups excluding carboxylic acids is 1. The topological polar surface area (TPSA) is 171 Å². The average Bonchev–Trinajstić information content (AvgIpc) is 3.07. The molecule has 3 rings (SSSR count). The predicted molar refractivity (Wildman–Crippen MR) is 226 cm³/mol. The minimum Gasteiger partial charge on any atom is -0.465 e. The van der Waals surface area contributed by atoms with Crippen molar-refractivity contribution in [3.8, 4) is 5.75 Å². The molecule has 1 amide bonds. The first kappa shape index (κ1) is 47.1. The summed E-state index contributed by atoms with van der Waals surface area (Å²) in [5.41, 5.74) is 0.875. The number of carboxylic acid groups (broad SMARTS) is 1. The molecule has 0 aliphatic heterocycles. The molecule has 0 saturated carbocycles. The highest BCUT2D eigenvalue weighted by Crippen LogP contribution is 2.42. The Morgan fingerprint density at radius 3 is 2.14 bits per heavy atom. The van der Waals surface area contributed by atoms with E-state index >= 15 is 0 Å². The summed E-state index contributed by atoms with van der Waals surface area (Å²) >= 11 is 0. The van der Waals surface area contributed by atoms with Gasteiger partial charge < -0.3 is 33.6 Å². The third kappa shape index (κ3) is 14.9. The molecule has 2 N–H and O–H groups in total. The lowest BCUT2D eigenvalue weighted by molar-refractivity contribution is -0.384. The van der Waals surface area contributed by atoms with Crippen LogP contribution in [-0.2, 0) is 20.3 Å². The summed E-state index contributed by atoms with van der Waals surface area (Å²) in [6.07, 6.45) is 3.20. The average molecular weight is 812 g/mol. The fourth-order valence-corrected chi connectivity index (χ4v) is 7.45. The van der Waals surface area contributed by atoms with Crippen molar-refractivity contribution in [2.75, 3.05) is 19.7 Å². The number of aromatic nitrogens is 1. The lowest BCUT2D eigenvalue weighted by atomic mass is 9.86. The highest BCUT2D eigenvalue weighted by Gasteiger charge is 2.40. The lowest BCUT2D eigenvalue weighted by Crippen LogP contribution is -2.45. The Morgan fingerprint density at radius 2 is 1.56 bits per heavy atom. The van der Waals surface area contributed by atoms with Gasteiger partial charge in [0.15, 0.2) is 14.1 Å². The van der Waals surface area contributed by atoms with Crippen LogP contribution in [0, 0.1) is 15.5 Å². The summed E-state index contributed by atoms with van der Waals surface area (Å²) in [4.78, 5) is 52.6. The third-order valence-corrected chi connectivity index (χ3v) is 14.9. The van der Waals surface area contributed by atoms with E-state index in [2.05, 4.69) is 59.6 Å². The molecule has 3 aromatic rings. The zero-order chi connectivity index (χ0) is 42.8. The summed E-state index contributed by atoms with van der Waals surface area (Å²) in [7, 11) is -2.46. The standard InChI is InChI=1S/C43H65N3O10Si/c1-41(2,3)36(53-28-16-14-17-30-19-21-31(22-20-30)46(51)52)18-13-12-15-27-45(39(48)49)29-35(56-57(10,11)43(7,8)9)32-23-25-34(54-40(50)55-42(4,5)6)38-33(32)24-26-37(47)44-38/h19-26,35-36H,12-18,27-29H2,1-11H3,(H,44,47)(H,48,49)/t35?,36-/m1/s1. The number of fused-ring (bicyclic) bond motifs is 1. The van der Waals surface area contributed by atoms with E-state index in [-0.39, 0.29) is 45.6 Å². The molecule has 316 valence electrons. The van der Waals surface area contributed by atoms with Crippen LogP contribution in [0.25, 0.3) is 10.9 Å². The maximum absolute atomic E-state index is 12.7. The van der Waals surface area contributed by atoms with E-state index in [0.29, 0.717) is 30.5 Å². The Labute approximate surface area is 338 Å². The number of rotatable bonds is 19. The molecule has 1 heterocycles. The van der Waals surface area contributed by atoms with Gasteiger partial charge in [0.05, 0.1) is 29.2 Å². The van der Waals surface area contributed by atoms with Crippen molar-refractivity contribution < 1.29 is 38.3 Å². The zero-order valence-corrected chi connectivity index (χ0v) is 36.9. The number of nitro groups is 1. The van der Waals surface area contributed by atoms with Crippen LogP contribution in [0.2, 0.25) is 18.1 Å². The van der Waals surface area contributed by atoms with Gasteiger partial charge in [-0.3, -0.25) is 14.9 Å². The smallest absolute Gasteiger partial charge is 0.465 e. The van der Waals surface area contributed by atoms with Crippen molar-refractivity contribution >= 4 is 37.2 Å². The Hall–Kier alpha value is -4.27. The number of benzene rings is 2. The number of aryl methyl sites for hydroxylation is 1. The van der Waals surface area contributed by atoms with Gasteiger partial charge in [0, 0.05) is 36.7 Å². The second-order valence-electron chi connectivity index (χ2n) is 18.4. The minimum atomic E-state index is -2.46. The number of aromatic amines is 1. The van der Waals surface area contributed by atoms with Crippen LogP contribution in [0.4, 0.5) is 15.3 Å². The first-order valence-electron chi connectivity index (χ1n) is 20.0. The van der Waals surface area contributed by atoms with Crippen LogP contribution >= 0.6 is 0 Å². The normalized spacial score (nSPS) is 13.6. The maximum atomic E-state index is 12.7. The molecule has 1 unspecified atom stereocenters. The van der Waals surface area contributed by atoms with Crippen LogP contribution in [0.15, 0.2) is 53.3 Å². The first-order chi connectivity index (χ1) is 26.4. The first-order valence-corrected chi connectivity index (χ1v) is 22.9. The molecule has 0 aliphatic rings. The molecule has 0 saturated heterocycles. The number of nitro benzene ring substituents is 1. The number of nitrogens with one attached hydrogen (secondary N) is 1. The predicted octanol–water partition coefficient (Wildman–Crippen LogP) is 10.8. The van der Waals surface area contributed by atoms with Gasteiger partial charge in [-0.15, -0.1) is 0 Å². The van der Waals surface area contributed by atoms with Gasteiger partial charge in [-0.1, -0.05) is 72.6 Å².